The molecule has 0 rings (SSSR count). The Hall–Kier alpha value is 1.70. The fourth-order valence-electron chi connectivity index (χ4n) is 0. The summed E-state index contributed by atoms with van der Waals surface area (Å²) < 4.78 is 0. The molecular weight excluding hydrogens is 141 g/mol. The van der Waals surface area contributed by atoms with Crippen LogP contribution >= 0.6 is 34.4 Å². The first-order valence-electron chi connectivity index (χ1n) is 0.655. The Bertz CT molecular complexity index is 17.7. The Morgan fingerprint density at radius 1 is 1.20 bits per heavy atom. The van der Waals surface area contributed by atoms with Crippen LogP contribution in [0.2, 0.25) is 0 Å². The summed E-state index contributed by atoms with van der Waals surface area (Å²) in [5.74, 6) is 0. The van der Waals surface area contributed by atoms with Gasteiger partial charge in [-0.05, 0) is 0 Å². The van der Waals surface area contributed by atoms with E-state index >= 15 is 0 Å². The van der Waals surface area contributed by atoms with E-state index in [1.807, 2.05) is 0 Å². The van der Waals surface area contributed by atoms with Gasteiger partial charge in [0.15, 0.2) is 0 Å². The predicted molar refractivity (Wildman–Crippen MR) is 31.3 cm³/mol. The molecule has 0 nitrogen and oxygen atoms in total. The largest absolute Gasteiger partial charge is 2.00 e. The van der Waals surface area contributed by atoms with Gasteiger partial charge in [-0.3, -0.25) is 0 Å². The molecule has 0 aromatic heterocycles. The Morgan fingerprint density at radius 2 is 1.20 bits per heavy atom. The molecule has 0 fully saturated rings. The van der Waals surface area contributed by atoms with Gasteiger partial charge in [0.1, 0.15) is 0 Å². The van der Waals surface area contributed by atoms with Gasteiger partial charge in [0.25, 0.3) is 0 Å². The van der Waals surface area contributed by atoms with Crippen molar-refractivity contribution in [3.8, 4) is 0 Å². The summed E-state index contributed by atoms with van der Waals surface area (Å²) in [7, 11) is 0. The van der Waals surface area contributed by atoms with Crippen LogP contribution < -0.4 is 0 Å². The Balaban J connectivity index is -0.0000000150. The molecule has 0 bridgehead atoms. The topological polar surface area (TPSA) is 0 Å². The van der Waals surface area contributed by atoms with Gasteiger partial charge in [0.05, 0.1) is 0 Å². The van der Waals surface area contributed by atoms with Gasteiger partial charge in [-0.25, -0.2) is 0 Å². The first-order valence-corrected chi connectivity index (χ1v) is 1.96. The Labute approximate surface area is 65.1 Å². The van der Waals surface area contributed by atoms with Gasteiger partial charge in [0.2, 0.25) is 0 Å². The molecule has 0 N–H and O–H groups in total. The number of hydrogen-bond donors (Lipinski definition) is 0. The Morgan fingerprint density at radius 3 is 1.20 bits per heavy atom. The zero-order chi connectivity index (χ0) is 3.58. The van der Waals surface area contributed by atoms with Crippen molar-refractivity contribution in [1.82, 2.24) is 0 Å². The number of hydrogen-bond acceptors (Lipinski definition) is 0. The average Bonchev–Trinajstić information content (AvgIpc) is 0.811. The standard InChI is InChI=1S/BCl3.Mg.2H/c2-1(3)4;;;/q;+2;2*-1. The summed E-state index contributed by atoms with van der Waals surface area (Å²) in [6.07, 6.45) is 0. The van der Waals surface area contributed by atoms with E-state index in [1.165, 1.54) is 0 Å². The number of halogens is 3. The van der Waals surface area contributed by atoms with Crippen LogP contribution in [0.15, 0.2) is 0 Å². The molecule has 0 amide bonds. The van der Waals surface area contributed by atoms with Crippen molar-refractivity contribution in [1.29, 1.82) is 0 Å². The molecule has 0 aliphatic rings. The van der Waals surface area contributed by atoms with Crippen LogP contribution in [-0.2, 0) is 0 Å². The maximum Gasteiger partial charge on any atom is 2.00 e. The zero-order valence-corrected chi connectivity index (χ0v) is 6.10. The molecular formula is H2BCl3Mg. The SMILES string of the molecule is ClB(Cl)Cl.[H-].[H-].[Mg+2]. The summed E-state index contributed by atoms with van der Waals surface area (Å²) in [4.78, 5) is -0.750. The van der Waals surface area contributed by atoms with Crippen LogP contribution in [0, 0.1) is 0 Å². The van der Waals surface area contributed by atoms with Crippen LogP contribution in [0.3, 0.4) is 0 Å². The third-order valence-corrected chi connectivity index (χ3v) is 0. The summed E-state index contributed by atoms with van der Waals surface area (Å²) in [5, 5.41) is 0. The fraction of sp³-hybridized carbons (Fsp3) is 0. The van der Waals surface area contributed by atoms with Gasteiger partial charge in [-0.2, -0.15) is 34.4 Å². The molecule has 0 spiro atoms. The summed E-state index contributed by atoms with van der Waals surface area (Å²) in [6, 6.07) is 0. The molecule has 0 aromatic rings. The quantitative estimate of drug-likeness (QED) is 0.451. The van der Waals surface area contributed by atoms with Crippen molar-refractivity contribution >= 4 is 62.4 Å². The van der Waals surface area contributed by atoms with Gasteiger partial charge in [-0.1, -0.05) is 0 Å². The summed E-state index contributed by atoms with van der Waals surface area (Å²) in [5.41, 5.74) is 0. The van der Waals surface area contributed by atoms with Crippen LogP contribution in [0.4, 0.5) is 0 Å². The molecule has 0 aromatic carbocycles. The molecule has 0 saturated heterocycles. The molecule has 28 valence electrons. The van der Waals surface area contributed by atoms with Crippen LogP contribution in [-0.4, -0.2) is 28.0 Å². The van der Waals surface area contributed by atoms with Gasteiger partial charge in [0, 0.05) is 0 Å². The maximum atomic E-state index is 4.81. The molecule has 0 atom stereocenters. The second-order valence-electron chi connectivity index (χ2n) is 0.247. The van der Waals surface area contributed by atoms with Crippen molar-refractivity contribution in [3.05, 3.63) is 0 Å². The van der Waals surface area contributed by atoms with Gasteiger partial charge in [-0.15, -0.1) is 0 Å². The van der Waals surface area contributed by atoms with E-state index in [-0.39, 0.29) is 25.9 Å². The van der Waals surface area contributed by atoms with Crippen molar-refractivity contribution in [2.45, 2.75) is 0 Å². The molecule has 0 heterocycles. The fourth-order valence-corrected chi connectivity index (χ4v) is 0. The van der Waals surface area contributed by atoms with Crippen molar-refractivity contribution in [3.63, 3.8) is 0 Å². The van der Waals surface area contributed by atoms with Gasteiger partial charge >= 0.3 is 28.0 Å². The molecule has 0 unspecified atom stereocenters. The smallest absolute Gasteiger partial charge is 1.00 e. The first kappa shape index (κ1) is 9.86. The van der Waals surface area contributed by atoms with E-state index in [4.69, 9.17) is 34.4 Å². The van der Waals surface area contributed by atoms with Crippen molar-refractivity contribution < 1.29 is 2.85 Å². The molecule has 0 aliphatic carbocycles. The normalized spacial score (nSPS) is 5.40. The second kappa shape index (κ2) is 5.70. The van der Waals surface area contributed by atoms with E-state index in [0.29, 0.717) is 0 Å². The zero-order valence-electron chi connectivity index (χ0n) is 4.42. The third-order valence-electron chi connectivity index (χ3n) is 0. The van der Waals surface area contributed by atoms with E-state index in [0.717, 1.165) is 0 Å². The molecule has 5 heteroatoms. The second-order valence-corrected chi connectivity index (χ2v) is 2.23. The first-order chi connectivity index (χ1) is 1.73. The molecule has 0 radical (unpaired) electrons. The van der Waals surface area contributed by atoms with Crippen molar-refractivity contribution in [2.75, 3.05) is 0 Å². The summed E-state index contributed by atoms with van der Waals surface area (Å²) >= 11 is 14.4. The van der Waals surface area contributed by atoms with E-state index in [2.05, 4.69) is 0 Å². The molecule has 5 heavy (non-hydrogen) atoms. The maximum absolute atomic E-state index is 4.81. The Kier molecular flexibility index (Phi) is 11.2. The van der Waals surface area contributed by atoms with Gasteiger partial charge < -0.3 is 2.85 Å². The average molecular weight is 143 g/mol. The predicted octanol–water partition coefficient (Wildman–Crippen LogP) is 1.53. The number of rotatable bonds is 0. The molecule has 0 saturated carbocycles. The van der Waals surface area contributed by atoms with Crippen molar-refractivity contribution in [2.24, 2.45) is 0 Å². The monoisotopic (exact) mass is 142 g/mol. The van der Waals surface area contributed by atoms with Crippen LogP contribution in [0.1, 0.15) is 2.85 Å². The minimum atomic E-state index is -0.750. The van der Waals surface area contributed by atoms with E-state index in [1.54, 1.807) is 0 Å². The van der Waals surface area contributed by atoms with Crippen LogP contribution in [0.5, 0.6) is 0 Å². The minimum absolute atomic E-state index is 0. The minimum Gasteiger partial charge on any atom is -1.00 e. The molecule has 0 aliphatic heterocycles. The van der Waals surface area contributed by atoms with E-state index in [9.17, 15) is 0 Å². The third kappa shape index (κ3) is 27.0. The summed E-state index contributed by atoms with van der Waals surface area (Å²) in [6.45, 7) is 0. The van der Waals surface area contributed by atoms with Crippen LogP contribution in [0.25, 0.3) is 0 Å². The van der Waals surface area contributed by atoms with E-state index < -0.39 is 4.96 Å².